The third-order valence-electron chi connectivity index (χ3n) is 4.44. The number of hydrogen-bond donors (Lipinski definition) is 0. The van der Waals surface area contributed by atoms with Crippen LogP contribution in [0.15, 0.2) is 0 Å². The van der Waals surface area contributed by atoms with Gasteiger partial charge in [-0.15, -0.1) is 0 Å². The lowest BCUT2D eigenvalue weighted by Gasteiger charge is -2.37. The first-order valence-corrected chi connectivity index (χ1v) is 9.22. The minimum atomic E-state index is -1.64. The molecule has 0 aromatic rings. The summed E-state index contributed by atoms with van der Waals surface area (Å²) in [7, 11) is -1.64. The summed E-state index contributed by atoms with van der Waals surface area (Å²) >= 11 is 0. The summed E-state index contributed by atoms with van der Waals surface area (Å²) in [4.78, 5) is 11.5. The van der Waals surface area contributed by atoms with Gasteiger partial charge in [0.25, 0.3) is 0 Å². The first-order valence-electron chi connectivity index (χ1n) is 6.32. The van der Waals surface area contributed by atoms with E-state index in [0.29, 0.717) is 11.7 Å². The van der Waals surface area contributed by atoms with Crippen LogP contribution in [0.3, 0.4) is 0 Å². The second kappa shape index (κ2) is 4.61. The van der Waals surface area contributed by atoms with Crippen molar-refractivity contribution in [1.82, 2.24) is 0 Å². The third-order valence-corrected chi connectivity index (χ3v) is 8.94. The molecule has 1 fully saturated rings. The maximum atomic E-state index is 11.5. The lowest BCUT2D eigenvalue weighted by atomic mass is 9.99. The molecule has 0 aromatic carbocycles. The van der Waals surface area contributed by atoms with E-state index in [4.69, 9.17) is 4.43 Å². The Balaban J connectivity index is 2.49. The van der Waals surface area contributed by atoms with Crippen molar-refractivity contribution in [3.63, 3.8) is 0 Å². The predicted molar refractivity (Wildman–Crippen MR) is 70.0 cm³/mol. The molecular formula is C13H26O2Si. The molecule has 16 heavy (non-hydrogen) atoms. The number of rotatable bonds is 3. The van der Waals surface area contributed by atoms with Crippen LogP contribution in [0.1, 0.15) is 40.5 Å². The summed E-state index contributed by atoms with van der Waals surface area (Å²) in [6, 6.07) is 0. The molecule has 0 aromatic heterocycles. The molecule has 0 radical (unpaired) electrons. The van der Waals surface area contributed by atoms with E-state index in [-0.39, 0.29) is 11.0 Å². The number of carbonyl (C=O) groups is 1. The van der Waals surface area contributed by atoms with Crippen molar-refractivity contribution in [2.75, 3.05) is 6.61 Å². The lowest BCUT2D eigenvalue weighted by Crippen LogP contribution is -2.42. The summed E-state index contributed by atoms with van der Waals surface area (Å²) < 4.78 is 6.18. The van der Waals surface area contributed by atoms with E-state index in [1.807, 2.05) is 0 Å². The molecule has 1 saturated carbocycles. The van der Waals surface area contributed by atoms with Crippen molar-refractivity contribution < 1.29 is 9.22 Å². The number of ketones is 1. The van der Waals surface area contributed by atoms with Crippen LogP contribution in [0, 0.1) is 11.8 Å². The van der Waals surface area contributed by atoms with Gasteiger partial charge in [-0.25, -0.2) is 0 Å². The Bertz CT molecular complexity index is 266. The standard InChI is InChI=1S/C13H26O2Si/c1-10-11(7-8-12(10)14)9-15-16(5,6)13(2,3)4/h10-11H,7-9H2,1-6H3/t10-,11-/m1/s1. The Labute approximate surface area is 101 Å². The second-order valence-electron chi connectivity index (χ2n) is 6.63. The molecule has 1 aliphatic carbocycles. The maximum absolute atomic E-state index is 11.5. The summed E-state index contributed by atoms with van der Waals surface area (Å²) in [6.07, 6.45) is 1.78. The zero-order chi connectivity index (χ0) is 12.6. The van der Waals surface area contributed by atoms with Crippen LogP contribution in [-0.4, -0.2) is 20.7 Å². The monoisotopic (exact) mass is 242 g/mol. The van der Waals surface area contributed by atoms with E-state index in [0.717, 1.165) is 19.4 Å². The van der Waals surface area contributed by atoms with Crippen LogP contribution in [0.4, 0.5) is 0 Å². The lowest BCUT2D eigenvalue weighted by molar-refractivity contribution is -0.120. The molecule has 1 rings (SSSR count). The molecule has 2 atom stereocenters. The van der Waals surface area contributed by atoms with E-state index in [1.165, 1.54) is 0 Å². The fourth-order valence-electron chi connectivity index (χ4n) is 1.83. The second-order valence-corrected chi connectivity index (χ2v) is 11.4. The van der Waals surface area contributed by atoms with Gasteiger partial charge in [-0.1, -0.05) is 27.7 Å². The van der Waals surface area contributed by atoms with Gasteiger partial charge in [-0.2, -0.15) is 0 Å². The van der Waals surface area contributed by atoms with Crippen LogP contribution < -0.4 is 0 Å². The molecule has 0 spiro atoms. The Hall–Kier alpha value is -0.153. The average Bonchev–Trinajstić information content (AvgIpc) is 2.43. The normalized spacial score (nSPS) is 27.5. The summed E-state index contributed by atoms with van der Waals surface area (Å²) in [5.74, 6) is 1.09. The predicted octanol–water partition coefficient (Wildman–Crippen LogP) is 3.62. The highest BCUT2D eigenvalue weighted by Crippen LogP contribution is 2.38. The van der Waals surface area contributed by atoms with Crippen LogP contribution in [0.2, 0.25) is 18.1 Å². The van der Waals surface area contributed by atoms with E-state index in [1.54, 1.807) is 0 Å². The molecule has 1 aliphatic rings. The van der Waals surface area contributed by atoms with Gasteiger partial charge in [-0.3, -0.25) is 4.79 Å². The van der Waals surface area contributed by atoms with E-state index in [2.05, 4.69) is 40.8 Å². The molecule has 3 heteroatoms. The highest BCUT2D eigenvalue weighted by atomic mass is 28.4. The van der Waals surface area contributed by atoms with Crippen molar-refractivity contribution in [2.24, 2.45) is 11.8 Å². The SMILES string of the molecule is C[C@H]1C(=O)CC[C@@H]1CO[Si](C)(C)C(C)(C)C. The van der Waals surface area contributed by atoms with Gasteiger partial charge in [0.2, 0.25) is 0 Å². The third kappa shape index (κ3) is 2.95. The molecule has 0 aliphatic heterocycles. The smallest absolute Gasteiger partial charge is 0.191 e. The number of carbonyl (C=O) groups excluding carboxylic acids is 1. The van der Waals surface area contributed by atoms with Gasteiger partial charge in [0, 0.05) is 18.9 Å². The largest absolute Gasteiger partial charge is 0.417 e. The molecule has 0 N–H and O–H groups in total. The highest BCUT2D eigenvalue weighted by molar-refractivity contribution is 6.74. The molecular weight excluding hydrogens is 216 g/mol. The quantitative estimate of drug-likeness (QED) is 0.707. The van der Waals surface area contributed by atoms with Crippen LogP contribution in [-0.2, 0) is 9.22 Å². The topological polar surface area (TPSA) is 26.3 Å². The number of hydrogen-bond acceptors (Lipinski definition) is 2. The fraction of sp³-hybridized carbons (Fsp3) is 0.923. The Morgan fingerprint density at radius 2 is 1.94 bits per heavy atom. The minimum absolute atomic E-state index is 0.213. The molecule has 0 amide bonds. The Kier molecular flexibility index (Phi) is 4.01. The molecule has 0 bridgehead atoms. The molecule has 0 heterocycles. The van der Waals surface area contributed by atoms with Gasteiger partial charge in [0.05, 0.1) is 0 Å². The van der Waals surface area contributed by atoms with Crippen molar-refractivity contribution in [3.8, 4) is 0 Å². The van der Waals surface area contributed by atoms with Crippen molar-refractivity contribution >= 4 is 14.1 Å². The fourth-order valence-corrected chi connectivity index (χ4v) is 2.89. The minimum Gasteiger partial charge on any atom is -0.417 e. The van der Waals surface area contributed by atoms with E-state index >= 15 is 0 Å². The first kappa shape index (κ1) is 13.9. The summed E-state index contributed by atoms with van der Waals surface area (Å²) in [6.45, 7) is 14.1. The zero-order valence-corrected chi connectivity index (χ0v) is 12.6. The van der Waals surface area contributed by atoms with Crippen molar-refractivity contribution in [2.45, 2.75) is 58.7 Å². The van der Waals surface area contributed by atoms with Crippen LogP contribution in [0.25, 0.3) is 0 Å². The first-order chi connectivity index (χ1) is 7.15. The van der Waals surface area contributed by atoms with Crippen LogP contribution in [0.5, 0.6) is 0 Å². The summed E-state index contributed by atoms with van der Waals surface area (Å²) in [5.41, 5.74) is 0. The van der Waals surface area contributed by atoms with E-state index in [9.17, 15) is 4.79 Å². The van der Waals surface area contributed by atoms with Gasteiger partial charge in [-0.05, 0) is 30.5 Å². The van der Waals surface area contributed by atoms with Crippen molar-refractivity contribution in [1.29, 1.82) is 0 Å². The summed E-state index contributed by atoms with van der Waals surface area (Å²) in [5, 5.41) is 0.263. The number of Topliss-reactive ketones (excluding diaryl/α,β-unsaturated/α-hetero) is 1. The van der Waals surface area contributed by atoms with Gasteiger partial charge in [0.1, 0.15) is 5.78 Å². The van der Waals surface area contributed by atoms with Gasteiger partial charge < -0.3 is 4.43 Å². The average molecular weight is 242 g/mol. The Morgan fingerprint density at radius 3 is 2.31 bits per heavy atom. The van der Waals surface area contributed by atoms with Gasteiger partial charge in [0.15, 0.2) is 8.32 Å². The van der Waals surface area contributed by atoms with E-state index < -0.39 is 8.32 Å². The molecule has 2 nitrogen and oxygen atoms in total. The maximum Gasteiger partial charge on any atom is 0.191 e. The molecule has 94 valence electrons. The molecule has 0 unspecified atom stereocenters. The Morgan fingerprint density at radius 1 is 1.38 bits per heavy atom. The molecule has 0 saturated heterocycles. The van der Waals surface area contributed by atoms with Crippen molar-refractivity contribution in [3.05, 3.63) is 0 Å². The van der Waals surface area contributed by atoms with Gasteiger partial charge >= 0.3 is 0 Å². The highest BCUT2D eigenvalue weighted by Gasteiger charge is 2.39. The van der Waals surface area contributed by atoms with Crippen LogP contribution >= 0.6 is 0 Å². The zero-order valence-electron chi connectivity index (χ0n) is 11.6.